The Kier molecular flexibility index (Phi) is 5.68. The highest BCUT2D eigenvalue weighted by atomic mass is 35.5. The maximum atomic E-state index is 11.8. The first-order chi connectivity index (χ1) is 13.0. The minimum absolute atomic E-state index is 0.0266. The highest BCUT2D eigenvalue weighted by Gasteiger charge is 2.14. The van der Waals surface area contributed by atoms with Crippen LogP contribution in [0.5, 0.6) is 11.5 Å². The minimum Gasteiger partial charge on any atom is -0.870 e. The maximum absolute atomic E-state index is 11.8. The summed E-state index contributed by atoms with van der Waals surface area (Å²) >= 11 is 6.74. The van der Waals surface area contributed by atoms with E-state index in [-0.39, 0.29) is 21.6 Å². The van der Waals surface area contributed by atoms with Crippen molar-refractivity contribution < 1.29 is 19.7 Å². The lowest BCUT2D eigenvalue weighted by molar-refractivity contribution is -0.270. The second kappa shape index (κ2) is 8.15. The average molecular weight is 403 g/mol. The topological polar surface area (TPSA) is 111 Å². The van der Waals surface area contributed by atoms with Gasteiger partial charge in [0.1, 0.15) is 10.7 Å². The Labute approximate surface area is 163 Å². The van der Waals surface area contributed by atoms with Crippen LogP contribution in [0.1, 0.15) is 5.56 Å². The van der Waals surface area contributed by atoms with Crippen molar-refractivity contribution in [2.75, 3.05) is 7.11 Å². The Morgan fingerprint density at radius 2 is 2.04 bits per heavy atom. The van der Waals surface area contributed by atoms with Crippen molar-refractivity contribution in [1.82, 2.24) is 15.2 Å². The summed E-state index contributed by atoms with van der Waals surface area (Å²) in [6.07, 6.45) is 1.38. The fourth-order valence-corrected chi connectivity index (χ4v) is 3.03. The molecule has 0 bridgehead atoms. The van der Waals surface area contributed by atoms with Crippen LogP contribution in [0.25, 0.3) is 17.5 Å². The van der Waals surface area contributed by atoms with E-state index in [1.807, 2.05) is 0 Å². The van der Waals surface area contributed by atoms with Gasteiger partial charge < -0.3 is 14.9 Å². The zero-order chi connectivity index (χ0) is 19.4. The third-order valence-electron chi connectivity index (χ3n) is 3.48. The van der Waals surface area contributed by atoms with Crippen molar-refractivity contribution in [3.05, 3.63) is 58.0 Å². The summed E-state index contributed by atoms with van der Waals surface area (Å²) in [5, 5.41) is 28.9. The molecule has 0 fully saturated rings. The maximum Gasteiger partial charge on any atom is 0.342 e. The number of benzene rings is 2. The van der Waals surface area contributed by atoms with Crippen LogP contribution < -0.4 is 9.84 Å². The number of methoxy groups -OCH3 is 1. The summed E-state index contributed by atoms with van der Waals surface area (Å²) in [5.41, 5.74) is 1.21. The zero-order valence-corrected chi connectivity index (χ0v) is 15.5. The van der Waals surface area contributed by atoms with Crippen LogP contribution in [0, 0.1) is 0 Å². The summed E-state index contributed by atoms with van der Waals surface area (Å²) in [7, 11) is 1.40. The lowest BCUT2D eigenvalue weighted by Crippen LogP contribution is -1.98. The molecule has 7 nitrogen and oxygen atoms in total. The fraction of sp³-hybridized carbons (Fsp3) is 0.0556. The van der Waals surface area contributed by atoms with Gasteiger partial charge in [-0.1, -0.05) is 29.5 Å². The Morgan fingerprint density at radius 3 is 2.67 bits per heavy atom. The summed E-state index contributed by atoms with van der Waals surface area (Å²) < 4.78 is 4.91. The molecule has 0 radical (unpaired) electrons. The molecule has 2 aromatic carbocycles. The molecule has 2 N–H and O–H groups in total. The number of aliphatic carboxylic acids is 1. The number of carboxylic acid groups (broad SMARTS) is 1. The molecule has 1 heterocycles. The second-order valence-electron chi connectivity index (χ2n) is 5.30. The Morgan fingerprint density at radius 1 is 1.30 bits per heavy atom. The molecule has 0 saturated carbocycles. The number of hydrogen-bond acceptors (Lipinski definition) is 6. The smallest absolute Gasteiger partial charge is 0.342 e. The summed E-state index contributed by atoms with van der Waals surface area (Å²) in [4.78, 5) is 15.8. The van der Waals surface area contributed by atoms with Gasteiger partial charge in [0.05, 0.1) is 7.11 Å². The molecule has 0 saturated heterocycles. The third-order valence-corrected chi connectivity index (χ3v) is 4.61. The highest BCUT2D eigenvalue weighted by molar-refractivity contribution is 8.04. The van der Waals surface area contributed by atoms with Crippen LogP contribution >= 0.6 is 23.4 Å². The molecular formula is C18H13ClN3O4S-. The molecule has 0 unspecified atom stereocenters. The van der Waals surface area contributed by atoms with E-state index in [4.69, 9.17) is 16.3 Å². The number of carboxylic acids is 1. The van der Waals surface area contributed by atoms with Gasteiger partial charge in [0.2, 0.25) is 5.16 Å². The number of aromatic amines is 1. The van der Waals surface area contributed by atoms with Gasteiger partial charge in [0.15, 0.2) is 5.82 Å². The van der Waals surface area contributed by atoms with E-state index in [0.717, 1.165) is 17.3 Å². The third kappa shape index (κ3) is 4.60. The van der Waals surface area contributed by atoms with Crippen LogP contribution in [0.4, 0.5) is 0 Å². The lowest BCUT2D eigenvalue weighted by Gasteiger charge is -2.12. The number of hydrogen-bond donors (Lipinski definition) is 2. The summed E-state index contributed by atoms with van der Waals surface area (Å²) in [6, 6.07) is 11.4. The van der Waals surface area contributed by atoms with Gasteiger partial charge in [-0.2, -0.15) is 0 Å². The first kappa shape index (κ1) is 18.8. The second-order valence-corrected chi connectivity index (χ2v) is 6.75. The van der Waals surface area contributed by atoms with Gasteiger partial charge in [-0.15, -0.1) is 5.10 Å². The molecular weight excluding hydrogens is 390 g/mol. The van der Waals surface area contributed by atoms with Crippen LogP contribution in [-0.4, -0.2) is 33.4 Å². The molecule has 0 aliphatic rings. The normalized spacial score (nSPS) is 11.4. The van der Waals surface area contributed by atoms with Crippen molar-refractivity contribution >= 4 is 35.4 Å². The number of rotatable bonds is 6. The van der Waals surface area contributed by atoms with Crippen molar-refractivity contribution in [3.8, 4) is 22.9 Å². The molecule has 0 aliphatic carbocycles. The number of H-pyrrole nitrogens is 1. The number of thioether (sulfide) groups is 1. The Balaban J connectivity index is 1.84. The quantitative estimate of drug-likeness (QED) is 0.480. The molecule has 0 spiro atoms. The molecule has 9 heteroatoms. The molecule has 0 aliphatic heterocycles. The summed E-state index contributed by atoms with van der Waals surface area (Å²) in [5.74, 6) is -0.798. The van der Waals surface area contributed by atoms with E-state index in [9.17, 15) is 15.0 Å². The number of halogens is 1. The molecule has 0 atom stereocenters. The molecule has 0 amide bonds. The number of aromatic nitrogens is 3. The van der Waals surface area contributed by atoms with Crippen LogP contribution in [0.15, 0.2) is 52.5 Å². The van der Waals surface area contributed by atoms with Gasteiger partial charge >= 0.3 is 5.97 Å². The zero-order valence-electron chi connectivity index (χ0n) is 14.0. The van der Waals surface area contributed by atoms with Crippen molar-refractivity contribution in [2.24, 2.45) is 0 Å². The van der Waals surface area contributed by atoms with E-state index in [1.54, 1.807) is 30.3 Å². The van der Waals surface area contributed by atoms with Crippen LogP contribution in [-0.2, 0) is 4.79 Å². The van der Waals surface area contributed by atoms with Crippen molar-refractivity contribution in [1.29, 1.82) is 0 Å². The van der Waals surface area contributed by atoms with E-state index < -0.39 is 5.97 Å². The van der Waals surface area contributed by atoms with Gasteiger partial charge in [0, 0.05) is 10.6 Å². The molecule has 138 valence electrons. The van der Waals surface area contributed by atoms with Gasteiger partial charge in [-0.3, -0.25) is 5.10 Å². The van der Waals surface area contributed by atoms with Crippen LogP contribution in [0.3, 0.4) is 0 Å². The highest BCUT2D eigenvalue weighted by Crippen LogP contribution is 2.30. The monoisotopic (exact) mass is 402 g/mol. The van der Waals surface area contributed by atoms with E-state index in [2.05, 4.69) is 15.2 Å². The molecule has 27 heavy (non-hydrogen) atoms. The molecule has 3 rings (SSSR count). The largest absolute Gasteiger partial charge is 0.870 e. The predicted molar refractivity (Wildman–Crippen MR) is 101 cm³/mol. The number of nitrogens with one attached hydrogen (secondary N) is 1. The lowest BCUT2D eigenvalue weighted by atomic mass is 10.2. The molecule has 1 aromatic heterocycles. The van der Waals surface area contributed by atoms with E-state index >= 15 is 0 Å². The fourth-order valence-electron chi connectivity index (χ4n) is 2.20. The van der Waals surface area contributed by atoms with E-state index in [0.29, 0.717) is 16.4 Å². The Hall–Kier alpha value is -2.97. The summed E-state index contributed by atoms with van der Waals surface area (Å²) in [6.45, 7) is 0. The predicted octanol–water partition coefficient (Wildman–Crippen LogP) is 3.43. The standard InChI is InChI=1S/C18H14ClN3O4S/c1-26-14-7-2-10(8-13(14)23)9-15(17(24)25)27-18-20-16(21-22-18)11-3-5-12(19)6-4-11/h2-9,23H,1H3,(H,24,25)(H,20,21,22)/p-1/b15-9-. The first-order valence-corrected chi connectivity index (χ1v) is 8.82. The average Bonchev–Trinajstić information content (AvgIpc) is 3.10. The number of nitrogens with zero attached hydrogens (tertiary/aromatic N) is 2. The number of carbonyl (C=O) groups is 1. The Bertz CT molecular complexity index is 1000. The van der Waals surface area contributed by atoms with Gasteiger partial charge in [0.25, 0.3) is 0 Å². The number of ether oxygens (including phenoxy) is 1. The van der Waals surface area contributed by atoms with Gasteiger partial charge in [-0.25, -0.2) is 9.78 Å². The first-order valence-electron chi connectivity index (χ1n) is 7.62. The minimum atomic E-state index is -1.15. The van der Waals surface area contributed by atoms with Gasteiger partial charge in [-0.05, 0) is 53.7 Å². The SMILES string of the molecule is COc1ccc(/C=C(\Sc2n[nH]c(-c3ccc(Cl)cc3)n2)C(=O)O)cc1[O-]. The van der Waals surface area contributed by atoms with Crippen molar-refractivity contribution in [3.63, 3.8) is 0 Å². The van der Waals surface area contributed by atoms with Crippen molar-refractivity contribution in [2.45, 2.75) is 5.16 Å². The van der Waals surface area contributed by atoms with E-state index in [1.165, 1.54) is 25.3 Å². The van der Waals surface area contributed by atoms with Crippen LogP contribution in [0.2, 0.25) is 5.02 Å². The molecule has 3 aromatic rings.